The van der Waals surface area contributed by atoms with E-state index in [0.29, 0.717) is 24.8 Å². The number of aromatic nitrogens is 3. The molecule has 1 N–H and O–H groups in total. The second-order valence-electron chi connectivity index (χ2n) is 6.01. The van der Waals surface area contributed by atoms with E-state index in [2.05, 4.69) is 58.2 Å². The van der Waals surface area contributed by atoms with Crippen molar-refractivity contribution < 1.29 is 4.79 Å². The molecule has 0 aliphatic carbocycles. The summed E-state index contributed by atoms with van der Waals surface area (Å²) >= 11 is 0. The molecule has 0 radical (unpaired) electrons. The maximum Gasteiger partial charge on any atom is 0.291 e. The maximum atomic E-state index is 12.2. The molecule has 6 nitrogen and oxygen atoms in total. The summed E-state index contributed by atoms with van der Waals surface area (Å²) < 4.78 is 0. The van der Waals surface area contributed by atoms with E-state index in [1.807, 2.05) is 4.90 Å². The molecule has 2 heterocycles. The van der Waals surface area contributed by atoms with Crippen molar-refractivity contribution in [3.8, 4) is 0 Å². The monoisotopic (exact) mass is 313 g/mol. The zero-order chi connectivity index (χ0) is 16.2. The van der Waals surface area contributed by atoms with Gasteiger partial charge in [-0.15, -0.1) is 0 Å². The fourth-order valence-electron chi connectivity index (χ4n) is 2.88. The number of nitrogens with one attached hydrogen (secondary N) is 1. The molecule has 0 spiro atoms. The third kappa shape index (κ3) is 3.36. The highest BCUT2D eigenvalue weighted by atomic mass is 16.2. The normalized spacial score (nSPS) is 16.4. The number of benzene rings is 1. The van der Waals surface area contributed by atoms with E-state index < -0.39 is 0 Å². The van der Waals surface area contributed by atoms with Gasteiger partial charge in [0.05, 0.1) is 0 Å². The second-order valence-corrected chi connectivity index (χ2v) is 6.01. The molecule has 1 atom stereocenters. The number of carbonyl (C=O) groups excluding carboxylic acids is 1. The molecule has 1 aliphatic heterocycles. The van der Waals surface area contributed by atoms with Crippen LogP contribution in [-0.4, -0.2) is 52.2 Å². The molecule has 0 saturated carbocycles. The zero-order valence-electron chi connectivity index (χ0n) is 13.7. The lowest BCUT2D eigenvalue weighted by atomic mass is 9.98. The van der Waals surface area contributed by atoms with Gasteiger partial charge in [-0.05, 0) is 30.0 Å². The molecule has 2 aromatic rings. The first-order valence-electron chi connectivity index (χ1n) is 8.18. The molecule has 122 valence electrons. The smallest absolute Gasteiger partial charge is 0.291 e. The van der Waals surface area contributed by atoms with Gasteiger partial charge in [-0.3, -0.25) is 9.89 Å². The van der Waals surface area contributed by atoms with Crippen molar-refractivity contribution in [2.75, 3.05) is 31.1 Å². The molecule has 6 heteroatoms. The predicted octanol–water partition coefficient (Wildman–Crippen LogP) is 2.28. The fourth-order valence-corrected chi connectivity index (χ4v) is 2.88. The second kappa shape index (κ2) is 6.81. The quantitative estimate of drug-likeness (QED) is 0.940. The van der Waals surface area contributed by atoms with Gasteiger partial charge < -0.3 is 9.80 Å². The van der Waals surface area contributed by atoms with E-state index in [1.165, 1.54) is 17.6 Å². The predicted molar refractivity (Wildman–Crippen MR) is 89.6 cm³/mol. The Labute approximate surface area is 136 Å². The highest BCUT2D eigenvalue weighted by molar-refractivity contribution is 5.90. The number of H-pyrrole nitrogens is 1. The Hall–Kier alpha value is -2.37. The van der Waals surface area contributed by atoms with E-state index in [0.717, 1.165) is 19.5 Å². The van der Waals surface area contributed by atoms with E-state index in [9.17, 15) is 4.79 Å². The molecule has 3 rings (SSSR count). The Morgan fingerprint density at radius 3 is 2.48 bits per heavy atom. The number of rotatable bonds is 4. The summed E-state index contributed by atoms with van der Waals surface area (Å²) in [6.07, 6.45) is 2.52. The minimum atomic E-state index is -0.0748. The minimum Gasteiger partial charge on any atom is -0.368 e. The minimum absolute atomic E-state index is 0.0748. The first-order chi connectivity index (χ1) is 11.2. The van der Waals surface area contributed by atoms with Crippen molar-refractivity contribution in [2.24, 2.45) is 0 Å². The summed E-state index contributed by atoms with van der Waals surface area (Å²) in [4.78, 5) is 20.3. The van der Waals surface area contributed by atoms with Crippen LogP contribution in [0.5, 0.6) is 0 Å². The Kier molecular flexibility index (Phi) is 4.60. The van der Waals surface area contributed by atoms with Crippen LogP contribution in [0, 0.1) is 0 Å². The van der Waals surface area contributed by atoms with E-state index in [4.69, 9.17) is 0 Å². The SMILES string of the molecule is CCC(C)c1ccc(N2CCN(C(=O)c3ncn[nH]3)CC2)cc1. The van der Waals surface area contributed by atoms with Crippen molar-refractivity contribution in [1.82, 2.24) is 20.1 Å². The standard InChI is InChI=1S/C17H23N5O/c1-3-13(2)14-4-6-15(7-5-14)21-8-10-22(11-9-21)17(23)16-18-12-19-20-16/h4-7,12-13H,3,8-11H2,1-2H3,(H,18,19,20). The Bertz CT molecular complexity index is 630. The Morgan fingerprint density at radius 2 is 1.91 bits per heavy atom. The summed E-state index contributed by atoms with van der Waals surface area (Å²) in [5.74, 6) is 0.839. The molecule has 1 aromatic carbocycles. The number of hydrogen-bond acceptors (Lipinski definition) is 4. The van der Waals surface area contributed by atoms with Crippen molar-refractivity contribution >= 4 is 11.6 Å². The molecule has 1 fully saturated rings. The molecule has 0 bridgehead atoms. The van der Waals surface area contributed by atoms with Crippen LogP contribution in [-0.2, 0) is 0 Å². The van der Waals surface area contributed by atoms with E-state index in [-0.39, 0.29) is 5.91 Å². The Morgan fingerprint density at radius 1 is 1.22 bits per heavy atom. The topological polar surface area (TPSA) is 65.1 Å². The molecule has 1 aromatic heterocycles. The lowest BCUT2D eigenvalue weighted by molar-refractivity contribution is 0.0735. The number of carbonyl (C=O) groups is 1. The van der Waals surface area contributed by atoms with Gasteiger partial charge in [0.15, 0.2) is 0 Å². The van der Waals surface area contributed by atoms with Crippen molar-refractivity contribution in [1.29, 1.82) is 0 Å². The molecule has 1 unspecified atom stereocenters. The van der Waals surface area contributed by atoms with Crippen LogP contribution in [0.1, 0.15) is 42.4 Å². The van der Waals surface area contributed by atoms with Gasteiger partial charge in [0.1, 0.15) is 6.33 Å². The first kappa shape index (κ1) is 15.5. The third-order valence-electron chi connectivity index (χ3n) is 4.62. The highest BCUT2D eigenvalue weighted by Crippen LogP contribution is 2.23. The van der Waals surface area contributed by atoms with Crippen LogP contribution in [0.25, 0.3) is 0 Å². The number of hydrogen-bond donors (Lipinski definition) is 1. The van der Waals surface area contributed by atoms with E-state index >= 15 is 0 Å². The Balaban J connectivity index is 1.59. The number of anilines is 1. The number of aromatic amines is 1. The van der Waals surface area contributed by atoms with Gasteiger partial charge in [-0.1, -0.05) is 26.0 Å². The van der Waals surface area contributed by atoms with Crippen LogP contribution >= 0.6 is 0 Å². The van der Waals surface area contributed by atoms with Gasteiger partial charge in [0.2, 0.25) is 5.82 Å². The van der Waals surface area contributed by atoms with Crippen LogP contribution < -0.4 is 4.90 Å². The van der Waals surface area contributed by atoms with Crippen LogP contribution in [0.2, 0.25) is 0 Å². The van der Waals surface area contributed by atoms with Gasteiger partial charge in [0.25, 0.3) is 5.91 Å². The van der Waals surface area contributed by atoms with Crippen molar-refractivity contribution in [3.63, 3.8) is 0 Å². The third-order valence-corrected chi connectivity index (χ3v) is 4.62. The molecular formula is C17H23N5O. The summed E-state index contributed by atoms with van der Waals surface area (Å²) in [5.41, 5.74) is 2.61. The van der Waals surface area contributed by atoms with Crippen LogP contribution in [0.3, 0.4) is 0 Å². The summed E-state index contributed by atoms with van der Waals surface area (Å²) in [6, 6.07) is 8.82. The molecule has 1 aliphatic rings. The average Bonchev–Trinajstić information content (AvgIpc) is 3.15. The summed E-state index contributed by atoms with van der Waals surface area (Å²) in [5, 5.41) is 6.37. The van der Waals surface area contributed by atoms with Crippen molar-refractivity contribution in [2.45, 2.75) is 26.2 Å². The van der Waals surface area contributed by atoms with Gasteiger partial charge in [0, 0.05) is 31.9 Å². The van der Waals surface area contributed by atoms with Gasteiger partial charge in [-0.2, -0.15) is 5.10 Å². The molecule has 1 amide bonds. The fraction of sp³-hybridized carbons (Fsp3) is 0.471. The molecule has 1 saturated heterocycles. The molecular weight excluding hydrogens is 290 g/mol. The number of nitrogens with zero attached hydrogens (tertiary/aromatic N) is 4. The van der Waals surface area contributed by atoms with Crippen LogP contribution in [0.15, 0.2) is 30.6 Å². The summed E-state index contributed by atoms with van der Waals surface area (Å²) in [7, 11) is 0. The van der Waals surface area contributed by atoms with Crippen LogP contribution in [0.4, 0.5) is 5.69 Å². The van der Waals surface area contributed by atoms with Crippen molar-refractivity contribution in [3.05, 3.63) is 42.0 Å². The van der Waals surface area contributed by atoms with Gasteiger partial charge >= 0.3 is 0 Å². The van der Waals surface area contributed by atoms with Gasteiger partial charge in [-0.25, -0.2) is 4.98 Å². The summed E-state index contributed by atoms with van der Waals surface area (Å²) in [6.45, 7) is 7.54. The first-order valence-corrected chi connectivity index (χ1v) is 8.18. The average molecular weight is 313 g/mol. The largest absolute Gasteiger partial charge is 0.368 e. The highest BCUT2D eigenvalue weighted by Gasteiger charge is 2.23. The zero-order valence-corrected chi connectivity index (χ0v) is 13.7. The lowest BCUT2D eigenvalue weighted by Gasteiger charge is -2.35. The number of piperazine rings is 1. The number of amides is 1. The molecule has 23 heavy (non-hydrogen) atoms. The lowest BCUT2D eigenvalue weighted by Crippen LogP contribution is -2.49. The van der Waals surface area contributed by atoms with E-state index in [1.54, 1.807) is 0 Å². The maximum absolute atomic E-state index is 12.2.